The number of benzene rings is 2. The van der Waals surface area contributed by atoms with Gasteiger partial charge >= 0.3 is 0 Å². The summed E-state index contributed by atoms with van der Waals surface area (Å²) in [4.78, 5) is 26.3. The molecule has 10 nitrogen and oxygen atoms in total. The number of hydrogen-bond donors (Lipinski definition) is 1. The number of aromatic amines is 1. The number of para-hydroxylation sites is 2. The van der Waals surface area contributed by atoms with Crippen LogP contribution in [0.2, 0.25) is 0 Å². The van der Waals surface area contributed by atoms with Gasteiger partial charge in [0.05, 0.1) is 28.4 Å². The Labute approximate surface area is 229 Å². The van der Waals surface area contributed by atoms with Crippen molar-refractivity contribution in [3.8, 4) is 0 Å². The second-order valence-corrected chi connectivity index (χ2v) is 11.3. The third-order valence-corrected chi connectivity index (χ3v) is 8.95. The van der Waals surface area contributed by atoms with Crippen LogP contribution in [-0.2, 0) is 11.3 Å². The number of tetrazole rings is 1. The van der Waals surface area contributed by atoms with E-state index in [-0.39, 0.29) is 17.7 Å². The van der Waals surface area contributed by atoms with Gasteiger partial charge in [0.1, 0.15) is 6.04 Å². The highest BCUT2D eigenvalue weighted by Gasteiger charge is 2.34. The van der Waals surface area contributed by atoms with Gasteiger partial charge in [0, 0.05) is 38.3 Å². The number of H-pyrrole nitrogens is 1. The Kier molecular flexibility index (Phi) is 6.34. The molecule has 0 spiro atoms. The van der Waals surface area contributed by atoms with Crippen LogP contribution in [0.3, 0.4) is 0 Å². The first-order valence-electron chi connectivity index (χ1n) is 13.5. The average Bonchev–Trinajstić information content (AvgIpc) is 3.72. The minimum Gasteiger partial charge on any atom is -0.376 e. The predicted octanol–water partition coefficient (Wildman–Crippen LogP) is 3.52. The minimum atomic E-state index is -0.382. The fourth-order valence-electron chi connectivity index (χ4n) is 5.79. The van der Waals surface area contributed by atoms with E-state index in [1.807, 2.05) is 41.9 Å². The van der Waals surface area contributed by atoms with Gasteiger partial charge in [-0.1, -0.05) is 41.7 Å². The zero-order chi connectivity index (χ0) is 26.3. The van der Waals surface area contributed by atoms with E-state index in [1.54, 1.807) is 11.3 Å². The van der Waals surface area contributed by atoms with Crippen LogP contribution in [0.25, 0.3) is 21.1 Å². The summed E-state index contributed by atoms with van der Waals surface area (Å²) >= 11 is 1.72. The third kappa shape index (κ3) is 4.60. The van der Waals surface area contributed by atoms with Gasteiger partial charge in [-0.15, -0.1) is 5.10 Å². The van der Waals surface area contributed by atoms with Crippen LogP contribution in [0.1, 0.15) is 35.8 Å². The number of aromatic nitrogens is 6. The highest BCUT2D eigenvalue weighted by molar-refractivity contribution is 7.22. The van der Waals surface area contributed by atoms with Crippen LogP contribution in [0.15, 0.2) is 53.3 Å². The molecule has 0 bridgehead atoms. The van der Waals surface area contributed by atoms with Crippen molar-refractivity contribution < 1.29 is 4.74 Å². The zero-order valence-electron chi connectivity index (χ0n) is 21.8. The highest BCUT2D eigenvalue weighted by atomic mass is 32.1. The number of ether oxygens (including phenoxy) is 1. The fraction of sp³-hybridized carbons (Fsp3) is 0.393. The number of nitrogens with one attached hydrogen (secondary N) is 1. The Morgan fingerprint density at radius 2 is 2.00 bits per heavy atom. The van der Waals surface area contributed by atoms with E-state index >= 15 is 0 Å². The summed E-state index contributed by atoms with van der Waals surface area (Å²) in [6.45, 7) is 6.46. The molecule has 39 heavy (non-hydrogen) atoms. The van der Waals surface area contributed by atoms with Crippen molar-refractivity contribution in [1.29, 1.82) is 0 Å². The molecule has 2 saturated heterocycles. The predicted molar refractivity (Wildman–Crippen MR) is 151 cm³/mol. The molecule has 2 fully saturated rings. The lowest BCUT2D eigenvalue weighted by Gasteiger charge is -2.38. The summed E-state index contributed by atoms with van der Waals surface area (Å²) < 4.78 is 8.91. The summed E-state index contributed by atoms with van der Waals surface area (Å²) in [7, 11) is 0. The number of aryl methyl sites for hydroxylation is 1. The molecule has 0 radical (unpaired) electrons. The summed E-state index contributed by atoms with van der Waals surface area (Å²) in [5.74, 6) is 0.677. The lowest BCUT2D eigenvalue weighted by molar-refractivity contribution is 0.0906. The van der Waals surface area contributed by atoms with Gasteiger partial charge in [-0.3, -0.25) is 9.69 Å². The largest absolute Gasteiger partial charge is 0.376 e. The molecule has 5 heterocycles. The molecule has 0 saturated carbocycles. The third-order valence-electron chi connectivity index (χ3n) is 7.85. The first-order chi connectivity index (χ1) is 19.1. The van der Waals surface area contributed by atoms with Gasteiger partial charge in [0.25, 0.3) is 5.56 Å². The van der Waals surface area contributed by atoms with E-state index in [9.17, 15) is 4.79 Å². The lowest BCUT2D eigenvalue weighted by atomic mass is 10.0. The summed E-state index contributed by atoms with van der Waals surface area (Å²) in [6, 6.07) is 16.0. The normalized spacial score (nSPS) is 19.3. The molecule has 2 aliphatic rings. The van der Waals surface area contributed by atoms with Crippen molar-refractivity contribution in [3.05, 3.63) is 75.8 Å². The van der Waals surface area contributed by atoms with E-state index in [4.69, 9.17) is 9.72 Å². The van der Waals surface area contributed by atoms with Crippen molar-refractivity contribution in [1.82, 2.24) is 35.1 Å². The Bertz CT molecular complexity index is 1650. The van der Waals surface area contributed by atoms with Gasteiger partial charge in [-0.05, 0) is 59.3 Å². The topological polar surface area (TPSA) is 105 Å². The molecule has 2 atom stereocenters. The molecule has 3 aromatic heterocycles. The summed E-state index contributed by atoms with van der Waals surface area (Å²) in [5.41, 5.74) is 3.49. The fourth-order valence-corrected chi connectivity index (χ4v) is 6.81. The van der Waals surface area contributed by atoms with Crippen molar-refractivity contribution in [2.75, 3.05) is 37.7 Å². The van der Waals surface area contributed by atoms with E-state index in [0.717, 1.165) is 72.7 Å². The first-order valence-corrected chi connectivity index (χ1v) is 14.3. The number of anilines is 1. The van der Waals surface area contributed by atoms with Crippen LogP contribution in [0, 0.1) is 6.92 Å². The molecule has 5 aromatic rings. The molecular weight excluding hydrogens is 512 g/mol. The maximum atomic E-state index is 13.6. The number of fused-ring (bicyclic) bond motifs is 2. The van der Waals surface area contributed by atoms with Crippen LogP contribution in [-0.4, -0.2) is 74.0 Å². The van der Waals surface area contributed by atoms with Crippen molar-refractivity contribution in [2.45, 2.75) is 38.5 Å². The maximum absolute atomic E-state index is 13.6. The number of thiazole rings is 1. The number of rotatable bonds is 6. The summed E-state index contributed by atoms with van der Waals surface area (Å²) in [5, 5.41) is 14.9. The van der Waals surface area contributed by atoms with Crippen LogP contribution in [0.5, 0.6) is 0 Å². The monoisotopic (exact) mass is 542 g/mol. The van der Waals surface area contributed by atoms with E-state index in [1.165, 1.54) is 4.70 Å². The van der Waals surface area contributed by atoms with Gasteiger partial charge < -0.3 is 14.6 Å². The number of hydrogen-bond acceptors (Lipinski definition) is 9. The Hall–Kier alpha value is -3.67. The van der Waals surface area contributed by atoms with Crippen LogP contribution >= 0.6 is 11.3 Å². The Balaban J connectivity index is 1.24. The lowest BCUT2D eigenvalue weighted by Crippen LogP contribution is -2.49. The Morgan fingerprint density at radius 1 is 1.13 bits per heavy atom. The molecule has 2 aliphatic heterocycles. The van der Waals surface area contributed by atoms with Crippen molar-refractivity contribution >= 4 is 37.6 Å². The number of pyridine rings is 1. The molecule has 1 N–H and O–H groups in total. The van der Waals surface area contributed by atoms with Crippen LogP contribution < -0.4 is 10.5 Å². The molecule has 200 valence electrons. The van der Waals surface area contributed by atoms with Gasteiger partial charge in [0.2, 0.25) is 0 Å². The standard InChI is InChI=1S/C28H30N8O2S/c1-18-6-4-7-19-16-21(27(37)30-24(18)19)25(26-31-32-33-36(26)17-20-8-5-15-38-20)34-11-13-35(14-12-34)28-29-22-9-2-3-10-23(22)39-28/h2-4,6-7,9-10,16,20,25H,5,8,11-15,17H2,1H3,(H,30,37)/t20-,25+/m0/s1. The first kappa shape index (κ1) is 24.4. The molecule has 2 aromatic carbocycles. The Morgan fingerprint density at radius 3 is 2.82 bits per heavy atom. The molecule has 0 aliphatic carbocycles. The van der Waals surface area contributed by atoms with Crippen molar-refractivity contribution in [3.63, 3.8) is 0 Å². The quantitative estimate of drug-likeness (QED) is 0.348. The highest BCUT2D eigenvalue weighted by Crippen LogP contribution is 2.32. The second kappa shape index (κ2) is 10.1. The van der Waals surface area contributed by atoms with Crippen molar-refractivity contribution in [2.24, 2.45) is 0 Å². The number of nitrogens with zero attached hydrogens (tertiary/aromatic N) is 7. The zero-order valence-corrected chi connectivity index (χ0v) is 22.6. The average molecular weight is 543 g/mol. The molecule has 0 unspecified atom stereocenters. The molecule has 11 heteroatoms. The van der Waals surface area contributed by atoms with Gasteiger partial charge in [0.15, 0.2) is 11.0 Å². The van der Waals surface area contributed by atoms with Gasteiger partial charge in [-0.25, -0.2) is 9.67 Å². The van der Waals surface area contributed by atoms with E-state index in [2.05, 4.69) is 48.5 Å². The summed E-state index contributed by atoms with van der Waals surface area (Å²) in [6.07, 6.45) is 2.12. The number of piperazine rings is 1. The molecular formula is C28H30N8O2S. The van der Waals surface area contributed by atoms with Gasteiger partial charge in [-0.2, -0.15) is 0 Å². The second-order valence-electron chi connectivity index (χ2n) is 10.3. The smallest absolute Gasteiger partial charge is 0.253 e. The van der Waals surface area contributed by atoms with E-state index < -0.39 is 0 Å². The van der Waals surface area contributed by atoms with E-state index in [0.29, 0.717) is 17.9 Å². The SMILES string of the molecule is Cc1cccc2cc([C@H](c3nnnn3C[C@@H]3CCCO3)N3CCN(c4nc5ccccc5s4)CC3)c(=O)[nH]c12. The maximum Gasteiger partial charge on any atom is 0.253 e. The van der Waals surface area contributed by atoms with Crippen LogP contribution in [0.4, 0.5) is 5.13 Å². The molecule has 7 rings (SSSR count). The molecule has 0 amide bonds. The minimum absolute atomic E-state index is 0.0846.